The molecular weight excluding hydrogens is 314 g/mol. The highest BCUT2D eigenvalue weighted by Gasteiger charge is 2.47. The Hall–Kier alpha value is -1.24. The topological polar surface area (TPSA) is 76.5 Å². The average Bonchev–Trinajstić information content (AvgIpc) is 2.59. The van der Waals surface area contributed by atoms with Crippen LogP contribution in [-0.4, -0.2) is 36.0 Å². The van der Waals surface area contributed by atoms with Gasteiger partial charge >= 0.3 is 0 Å². The van der Waals surface area contributed by atoms with Gasteiger partial charge < -0.3 is 14.2 Å². The zero-order valence-electron chi connectivity index (χ0n) is 13.2. The molecule has 0 radical (unpaired) electrons. The van der Waals surface area contributed by atoms with Crippen LogP contribution < -0.4 is 0 Å². The minimum Gasteiger partial charge on any atom is -0.359 e. The lowest BCUT2D eigenvalue weighted by Gasteiger charge is -2.47. The Kier molecular flexibility index (Phi) is 5.46. The van der Waals surface area contributed by atoms with Crippen LogP contribution in [0.4, 0.5) is 0 Å². The van der Waals surface area contributed by atoms with Gasteiger partial charge in [0.2, 0.25) is 0 Å². The van der Waals surface area contributed by atoms with Crippen molar-refractivity contribution in [3.8, 4) is 0 Å². The van der Waals surface area contributed by atoms with Crippen LogP contribution in [0.25, 0.3) is 10.4 Å². The molecule has 3 unspecified atom stereocenters. The molecule has 7 heteroatoms. The second-order valence-corrected chi connectivity index (χ2v) is 7.10. The summed E-state index contributed by atoms with van der Waals surface area (Å²) >= 11 is 1.66. The van der Waals surface area contributed by atoms with E-state index >= 15 is 0 Å². The Morgan fingerprint density at radius 2 is 2.09 bits per heavy atom. The number of ether oxygens (including phenoxy) is 3. The summed E-state index contributed by atoms with van der Waals surface area (Å²) in [5.41, 5.74) is 9.72. The standard InChI is InChI=1S/C16H21N3O3S/c1-3-23-16-13(18-19-17)10(2)14-12(21-16)9-20-15(22-14)11-7-5-4-6-8-11/h4-8,10,12-16H,3,9H2,1-2H3/t10-,12?,13?,14+,15?,16+/m1/s1. The third-order valence-electron chi connectivity index (χ3n) is 4.29. The monoisotopic (exact) mass is 335 g/mol. The molecule has 23 heavy (non-hydrogen) atoms. The third-order valence-corrected chi connectivity index (χ3v) is 5.34. The highest BCUT2D eigenvalue weighted by molar-refractivity contribution is 7.99. The zero-order valence-corrected chi connectivity index (χ0v) is 14.1. The maximum Gasteiger partial charge on any atom is 0.184 e. The summed E-state index contributed by atoms with van der Waals surface area (Å²) < 4.78 is 18.1. The van der Waals surface area contributed by atoms with Crippen molar-refractivity contribution in [1.29, 1.82) is 0 Å². The largest absolute Gasteiger partial charge is 0.359 e. The maximum absolute atomic E-state index is 8.88. The van der Waals surface area contributed by atoms with Crippen molar-refractivity contribution < 1.29 is 14.2 Å². The minimum absolute atomic E-state index is 0.0730. The first-order valence-corrected chi connectivity index (χ1v) is 8.92. The number of azide groups is 1. The van der Waals surface area contributed by atoms with Gasteiger partial charge in [0.05, 0.1) is 18.8 Å². The minimum atomic E-state index is -0.398. The molecule has 0 aliphatic carbocycles. The molecule has 2 saturated heterocycles. The van der Waals surface area contributed by atoms with Crippen LogP contribution in [0.15, 0.2) is 35.4 Å². The number of benzene rings is 1. The number of thioether (sulfide) groups is 1. The van der Waals surface area contributed by atoms with Crippen molar-refractivity contribution in [2.45, 2.75) is 43.8 Å². The summed E-state index contributed by atoms with van der Waals surface area (Å²) in [6, 6.07) is 9.63. The van der Waals surface area contributed by atoms with Gasteiger partial charge in [0, 0.05) is 10.5 Å². The van der Waals surface area contributed by atoms with E-state index < -0.39 is 6.29 Å². The van der Waals surface area contributed by atoms with Gasteiger partial charge in [-0.2, -0.15) is 0 Å². The Labute approximate surface area is 140 Å². The summed E-state index contributed by atoms with van der Waals surface area (Å²) in [4.78, 5) is 3.00. The van der Waals surface area contributed by atoms with Gasteiger partial charge in [-0.1, -0.05) is 49.3 Å². The highest BCUT2D eigenvalue weighted by atomic mass is 32.2. The SMILES string of the molecule is CCS[C@@H]1OC2COC(c3ccccc3)O[C@H]2[C@H](C)C1N=[N+]=[N-]. The van der Waals surface area contributed by atoms with E-state index in [1.54, 1.807) is 11.8 Å². The van der Waals surface area contributed by atoms with Gasteiger partial charge in [-0.05, 0) is 17.2 Å². The predicted octanol–water partition coefficient (Wildman–Crippen LogP) is 3.89. The zero-order chi connectivity index (χ0) is 16.2. The molecule has 6 nitrogen and oxygen atoms in total. The quantitative estimate of drug-likeness (QED) is 0.475. The van der Waals surface area contributed by atoms with E-state index in [0.717, 1.165) is 11.3 Å². The summed E-state index contributed by atoms with van der Waals surface area (Å²) in [5, 5.41) is 3.97. The average molecular weight is 335 g/mol. The van der Waals surface area contributed by atoms with E-state index in [1.807, 2.05) is 30.3 Å². The molecule has 124 valence electrons. The van der Waals surface area contributed by atoms with Gasteiger partial charge in [0.15, 0.2) is 6.29 Å². The Bertz CT molecular complexity index is 567. The summed E-state index contributed by atoms with van der Waals surface area (Å²) in [7, 11) is 0. The van der Waals surface area contributed by atoms with Gasteiger partial charge in [-0.25, -0.2) is 0 Å². The number of hydrogen-bond donors (Lipinski definition) is 0. The number of fused-ring (bicyclic) bond motifs is 1. The van der Waals surface area contributed by atoms with Crippen molar-refractivity contribution in [1.82, 2.24) is 0 Å². The fraction of sp³-hybridized carbons (Fsp3) is 0.625. The number of rotatable bonds is 4. The van der Waals surface area contributed by atoms with Gasteiger partial charge in [-0.15, -0.1) is 11.8 Å². The Morgan fingerprint density at radius 3 is 2.78 bits per heavy atom. The normalized spacial score (nSPS) is 36.8. The first kappa shape index (κ1) is 16.6. The van der Waals surface area contributed by atoms with E-state index in [9.17, 15) is 0 Å². The van der Waals surface area contributed by atoms with Crippen LogP contribution in [0.2, 0.25) is 0 Å². The highest BCUT2D eigenvalue weighted by Crippen LogP contribution is 2.40. The summed E-state index contributed by atoms with van der Waals surface area (Å²) in [6.07, 6.45) is -0.664. The van der Waals surface area contributed by atoms with Crippen LogP contribution >= 0.6 is 11.8 Å². The predicted molar refractivity (Wildman–Crippen MR) is 88.9 cm³/mol. The number of nitrogens with zero attached hydrogens (tertiary/aromatic N) is 3. The molecule has 0 amide bonds. The fourth-order valence-corrected chi connectivity index (χ4v) is 4.18. The van der Waals surface area contributed by atoms with Crippen molar-refractivity contribution >= 4 is 11.8 Å². The molecular formula is C16H21N3O3S. The molecule has 2 aliphatic rings. The van der Waals surface area contributed by atoms with Crippen molar-refractivity contribution in [2.75, 3.05) is 12.4 Å². The molecule has 0 bridgehead atoms. The first-order chi connectivity index (χ1) is 11.2. The van der Waals surface area contributed by atoms with Crippen LogP contribution in [0, 0.1) is 5.92 Å². The lowest BCUT2D eigenvalue weighted by molar-refractivity contribution is -0.295. The molecule has 2 aliphatic heterocycles. The maximum atomic E-state index is 8.88. The van der Waals surface area contributed by atoms with Crippen LogP contribution in [0.5, 0.6) is 0 Å². The first-order valence-electron chi connectivity index (χ1n) is 7.88. The fourth-order valence-electron chi connectivity index (χ4n) is 3.13. The summed E-state index contributed by atoms with van der Waals surface area (Å²) in [6.45, 7) is 4.62. The van der Waals surface area contributed by atoms with Crippen LogP contribution in [-0.2, 0) is 14.2 Å². The van der Waals surface area contributed by atoms with E-state index in [-0.39, 0.29) is 29.6 Å². The lowest BCUT2D eigenvalue weighted by atomic mass is 9.89. The van der Waals surface area contributed by atoms with Gasteiger partial charge in [0.25, 0.3) is 0 Å². The molecule has 1 aromatic carbocycles. The molecule has 0 aromatic heterocycles. The van der Waals surface area contributed by atoms with Crippen molar-refractivity contribution in [3.05, 3.63) is 46.3 Å². The second kappa shape index (κ2) is 7.55. The third kappa shape index (κ3) is 3.49. The smallest absolute Gasteiger partial charge is 0.184 e. The molecule has 3 rings (SSSR count). The molecule has 1 aromatic rings. The van der Waals surface area contributed by atoms with Gasteiger partial charge in [-0.3, -0.25) is 0 Å². The van der Waals surface area contributed by atoms with Crippen LogP contribution in [0.1, 0.15) is 25.7 Å². The molecule has 2 heterocycles. The van der Waals surface area contributed by atoms with E-state index in [2.05, 4.69) is 23.9 Å². The van der Waals surface area contributed by atoms with Crippen LogP contribution in [0.3, 0.4) is 0 Å². The molecule has 0 spiro atoms. The van der Waals surface area contributed by atoms with Crippen molar-refractivity contribution in [2.24, 2.45) is 11.0 Å². The number of hydrogen-bond acceptors (Lipinski definition) is 5. The van der Waals surface area contributed by atoms with E-state index in [1.165, 1.54) is 0 Å². The molecule has 6 atom stereocenters. The molecule has 2 fully saturated rings. The van der Waals surface area contributed by atoms with E-state index in [0.29, 0.717) is 6.61 Å². The summed E-state index contributed by atoms with van der Waals surface area (Å²) in [5.74, 6) is 0.976. The molecule has 0 N–H and O–H groups in total. The lowest BCUT2D eigenvalue weighted by Crippen LogP contribution is -2.56. The molecule has 0 saturated carbocycles. The van der Waals surface area contributed by atoms with Crippen molar-refractivity contribution in [3.63, 3.8) is 0 Å². The Morgan fingerprint density at radius 1 is 1.30 bits per heavy atom. The Balaban J connectivity index is 1.77. The second-order valence-electron chi connectivity index (χ2n) is 5.73. The van der Waals surface area contributed by atoms with Gasteiger partial charge in [0.1, 0.15) is 11.5 Å². The van der Waals surface area contributed by atoms with E-state index in [4.69, 9.17) is 19.7 Å².